The molecule has 1 aliphatic heterocycles. The first-order valence-electron chi connectivity index (χ1n) is 6.91. The fraction of sp³-hybridized carbons (Fsp3) is 0.533. The SMILES string of the molecule is Cc1ccccc1C(O)CNC(=O)C1(N)CCOCC1. The van der Waals surface area contributed by atoms with Crippen molar-refractivity contribution < 1.29 is 14.6 Å². The molecule has 1 amide bonds. The molecule has 1 unspecified atom stereocenters. The van der Waals surface area contributed by atoms with Gasteiger partial charge in [0, 0.05) is 19.8 Å². The number of carbonyl (C=O) groups is 1. The average Bonchev–Trinajstić information content (AvgIpc) is 2.45. The first-order chi connectivity index (χ1) is 9.53. The Morgan fingerprint density at radius 3 is 2.75 bits per heavy atom. The molecule has 1 fully saturated rings. The lowest BCUT2D eigenvalue weighted by molar-refractivity contribution is -0.130. The molecule has 0 radical (unpaired) electrons. The second-order valence-electron chi connectivity index (χ2n) is 5.35. The van der Waals surface area contributed by atoms with Gasteiger partial charge in [-0.2, -0.15) is 0 Å². The second-order valence-corrected chi connectivity index (χ2v) is 5.35. The Balaban J connectivity index is 1.91. The second kappa shape index (κ2) is 6.35. The van der Waals surface area contributed by atoms with Crippen molar-refractivity contribution in [3.63, 3.8) is 0 Å². The highest BCUT2D eigenvalue weighted by molar-refractivity contribution is 5.86. The predicted octanol–water partition coefficient (Wildman–Crippen LogP) is 0.653. The number of amides is 1. The van der Waals surface area contributed by atoms with Gasteiger partial charge in [-0.15, -0.1) is 0 Å². The topological polar surface area (TPSA) is 84.6 Å². The van der Waals surface area contributed by atoms with Crippen molar-refractivity contribution in [2.45, 2.75) is 31.4 Å². The summed E-state index contributed by atoms with van der Waals surface area (Å²) in [5, 5.41) is 12.9. The lowest BCUT2D eigenvalue weighted by Crippen LogP contribution is -2.57. The maximum absolute atomic E-state index is 12.1. The van der Waals surface area contributed by atoms with Crippen molar-refractivity contribution in [1.82, 2.24) is 5.32 Å². The zero-order valence-corrected chi connectivity index (χ0v) is 11.8. The number of nitrogens with one attached hydrogen (secondary N) is 1. The quantitative estimate of drug-likeness (QED) is 0.755. The number of rotatable bonds is 4. The lowest BCUT2D eigenvalue weighted by atomic mass is 9.90. The molecule has 0 bridgehead atoms. The number of ether oxygens (including phenoxy) is 1. The van der Waals surface area contributed by atoms with Crippen LogP contribution in [-0.2, 0) is 9.53 Å². The molecule has 1 atom stereocenters. The summed E-state index contributed by atoms with van der Waals surface area (Å²) >= 11 is 0. The summed E-state index contributed by atoms with van der Waals surface area (Å²) in [6.45, 7) is 3.11. The van der Waals surface area contributed by atoms with Crippen molar-refractivity contribution in [3.05, 3.63) is 35.4 Å². The molecule has 110 valence electrons. The summed E-state index contributed by atoms with van der Waals surface area (Å²) in [4.78, 5) is 12.1. The van der Waals surface area contributed by atoms with Gasteiger partial charge >= 0.3 is 0 Å². The zero-order valence-electron chi connectivity index (χ0n) is 11.8. The third-order valence-corrected chi connectivity index (χ3v) is 3.84. The number of aryl methyl sites for hydroxylation is 1. The van der Waals surface area contributed by atoms with Crippen LogP contribution in [0.15, 0.2) is 24.3 Å². The van der Waals surface area contributed by atoms with Crippen LogP contribution >= 0.6 is 0 Å². The predicted molar refractivity (Wildman–Crippen MR) is 76.1 cm³/mol. The Bertz CT molecular complexity index is 470. The fourth-order valence-electron chi connectivity index (χ4n) is 2.40. The highest BCUT2D eigenvalue weighted by atomic mass is 16.5. The van der Waals surface area contributed by atoms with Crippen molar-refractivity contribution in [2.24, 2.45) is 5.73 Å². The summed E-state index contributed by atoms with van der Waals surface area (Å²) in [6, 6.07) is 7.58. The van der Waals surface area contributed by atoms with Crippen LogP contribution in [0.25, 0.3) is 0 Å². The summed E-state index contributed by atoms with van der Waals surface area (Å²) in [5.74, 6) is -0.214. The van der Waals surface area contributed by atoms with E-state index in [2.05, 4.69) is 5.32 Å². The molecule has 5 nitrogen and oxygen atoms in total. The van der Waals surface area contributed by atoms with E-state index in [4.69, 9.17) is 10.5 Å². The van der Waals surface area contributed by atoms with Crippen molar-refractivity contribution in [3.8, 4) is 0 Å². The molecule has 1 aromatic carbocycles. The van der Waals surface area contributed by atoms with E-state index in [1.165, 1.54) is 0 Å². The molecule has 1 aliphatic rings. The van der Waals surface area contributed by atoms with E-state index in [-0.39, 0.29) is 12.5 Å². The van der Waals surface area contributed by atoms with Crippen LogP contribution in [0.1, 0.15) is 30.1 Å². The highest BCUT2D eigenvalue weighted by Crippen LogP contribution is 2.19. The van der Waals surface area contributed by atoms with Crippen LogP contribution in [0.2, 0.25) is 0 Å². The third kappa shape index (κ3) is 3.36. The van der Waals surface area contributed by atoms with Gasteiger partial charge in [-0.05, 0) is 30.9 Å². The van der Waals surface area contributed by atoms with E-state index in [1.54, 1.807) is 0 Å². The Labute approximate surface area is 119 Å². The van der Waals surface area contributed by atoms with Crippen LogP contribution in [-0.4, -0.2) is 36.3 Å². The molecule has 1 saturated heterocycles. The van der Waals surface area contributed by atoms with Crippen LogP contribution in [0, 0.1) is 6.92 Å². The number of nitrogens with two attached hydrogens (primary N) is 1. The molecule has 1 heterocycles. The fourth-order valence-corrected chi connectivity index (χ4v) is 2.40. The van der Waals surface area contributed by atoms with E-state index in [9.17, 15) is 9.90 Å². The van der Waals surface area contributed by atoms with Gasteiger partial charge in [-0.3, -0.25) is 4.79 Å². The van der Waals surface area contributed by atoms with Crippen LogP contribution in [0.3, 0.4) is 0 Å². The summed E-state index contributed by atoms with van der Waals surface area (Å²) in [6.07, 6.45) is 0.307. The summed E-state index contributed by atoms with van der Waals surface area (Å²) < 4.78 is 5.22. The Hall–Kier alpha value is -1.43. The maximum Gasteiger partial charge on any atom is 0.240 e. The molecular formula is C15H22N2O3. The first kappa shape index (κ1) is 15.0. The van der Waals surface area contributed by atoms with Gasteiger partial charge in [0.15, 0.2) is 0 Å². The Morgan fingerprint density at radius 2 is 2.10 bits per heavy atom. The molecule has 0 saturated carbocycles. The lowest BCUT2D eigenvalue weighted by Gasteiger charge is -2.32. The van der Waals surface area contributed by atoms with E-state index >= 15 is 0 Å². The van der Waals surface area contributed by atoms with E-state index in [0.717, 1.165) is 11.1 Å². The molecule has 20 heavy (non-hydrogen) atoms. The Morgan fingerprint density at radius 1 is 1.45 bits per heavy atom. The molecule has 0 aromatic heterocycles. The van der Waals surface area contributed by atoms with Gasteiger partial charge in [-0.1, -0.05) is 24.3 Å². The van der Waals surface area contributed by atoms with Crippen molar-refractivity contribution in [2.75, 3.05) is 19.8 Å². The highest BCUT2D eigenvalue weighted by Gasteiger charge is 2.35. The number of aliphatic hydroxyl groups excluding tert-OH is 1. The number of hydrogen-bond acceptors (Lipinski definition) is 4. The third-order valence-electron chi connectivity index (χ3n) is 3.84. The number of aliphatic hydroxyl groups is 1. The van der Waals surface area contributed by atoms with Gasteiger partial charge in [0.05, 0.1) is 11.6 Å². The van der Waals surface area contributed by atoms with Gasteiger partial charge in [-0.25, -0.2) is 0 Å². The Kier molecular flexibility index (Phi) is 4.75. The van der Waals surface area contributed by atoms with E-state index < -0.39 is 11.6 Å². The van der Waals surface area contributed by atoms with Crippen molar-refractivity contribution >= 4 is 5.91 Å². The molecule has 5 heteroatoms. The zero-order chi connectivity index (χ0) is 14.6. The average molecular weight is 278 g/mol. The number of carbonyl (C=O) groups excluding carboxylic acids is 1. The van der Waals surface area contributed by atoms with Crippen LogP contribution in [0.5, 0.6) is 0 Å². The molecule has 0 aliphatic carbocycles. The number of hydrogen-bond donors (Lipinski definition) is 3. The molecule has 0 spiro atoms. The summed E-state index contributed by atoms with van der Waals surface area (Å²) in [7, 11) is 0. The molecule has 4 N–H and O–H groups in total. The molecular weight excluding hydrogens is 256 g/mol. The standard InChI is InChI=1S/C15H22N2O3/c1-11-4-2-3-5-12(11)13(18)10-17-14(19)15(16)6-8-20-9-7-15/h2-5,13,18H,6-10,16H2,1H3,(H,17,19). The van der Waals surface area contributed by atoms with E-state index in [1.807, 2.05) is 31.2 Å². The monoisotopic (exact) mass is 278 g/mol. The maximum atomic E-state index is 12.1. The first-order valence-corrected chi connectivity index (χ1v) is 6.91. The van der Waals surface area contributed by atoms with Gasteiger partial charge in [0.25, 0.3) is 0 Å². The van der Waals surface area contributed by atoms with Gasteiger partial charge in [0.1, 0.15) is 0 Å². The molecule has 2 rings (SSSR count). The summed E-state index contributed by atoms with van der Waals surface area (Å²) in [5.41, 5.74) is 7.04. The van der Waals surface area contributed by atoms with Gasteiger partial charge < -0.3 is 20.9 Å². The smallest absolute Gasteiger partial charge is 0.240 e. The number of benzene rings is 1. The van der Waals surface area contributed by atoms with Crippen molar-refractivity contribution in [1.29, 1.82) is 0 Å². The van der Waals surface area contributed by atoms with Crippen LogP contribution in [0.4, 0.5) is 0 Å². The van der Waals surface area contributed by atoms with E-state index in [0.29, 0.717) is 26.1 Å². The normalized spacial score (nSPS) is 19.4. The van der Waals surface area contributed by atoms with Gasteiger partial charge in [0.2, 0.25) is 5.91 Å². The minimum atomic E-state index is -0.871. The van der Waals surface area contributed by atoms with Crippen LogP contribution < -0.4 is 11.1 Å². The minimum Gasteiger partial charge on any atom is -0.387 e. The largest absolute Gasteiger partial charge is 0.387 e. The molecule has 1 aromatic rings. The minimum absolute atomic E-state index is 0.170.